The van der Waals surface area contributed by atoms with Crippen LogP contribution >= 0.6 is 0 Å². The number of fused-ring (bicyclic) bond motifs is 1. The first-order valence-corrected chi connectivity index (χ1v) is 5.92. The molecule has 0 spiro atoms. The summed E-state index contributed by atoms with van der Waals surface area (Å²) < 4.78 is 1.83. The maximum Gasteiger partial charge on any atom is 0.335 e. The Bertz CT molecular complexity index is 757. The minimum absolute atomic E-state index is 0.281. The van der Waals surface area contributed by atoms with Crippen molar-refractivity contribution in [2.75, 3.05) is 0 Å². The number of carboxylic acids is 1. The van der Waals surface area contributed by atoms with Crippen molar-refractivity contribution >= 4 is 16.9 Å². The second-order valence-corrected chi connectivity index (χ2v) is 4.37. The van der Waals surface area contributed by atoms with Crippen LogP contribution in [0.1, 0.15) is 10.4 Å². The van der Waals surface area contributed by atoms with Gasteiger partial charge in [0.15, 0.2) is 0 Å². The fraction of sp³-hybridized carbons (Fsp3) is 0.0667. The lowest BCUT2D eigenvalue weighted by molar-refractivity contribution is 0.0697. The Morgan fingerprint density at radius 2 is 1.79 bits per heavy atom. The van der Waals surface area contributed by atoms with Crippen LogP contribution in [0.25, 0.3) is 22.2 Å². The molecule has 0 saturated carbocycles. The van der Waals surface area contributed by atoms with Gasteiger partial charge in [-0.25, -0.2) is 4.79 Å². The summed E-state index contributed by atoms with van der Waals surface area (Å²) in [6, 6.07) is 14.7. The van der Waals surface area contributed by atoms with Gasteiger partial charge in [-0.2, -0.15) is 5.10 Å². The van der Waals surface area contributed by atoms with E-state index in [0.717, 1.165) is 22.2 Å². The monoisotopic (exact) mass is 252 g/mol. The molecule has 1 aromatic heterocycles. The zero-order valence-electron chi connectivity index (χ0n) is 10.4. The summed E-state index contributed by atoms with van der Waals surface area (Å²) in [5, 5.41) is 14.5. The third-order valence-corrected chi connectivity index (χ3v) is 3.16. The molecule has 94 valence electrons. The van der Waals surface area contributed by atoms with Crippen molar-refractivity contribution in [2.24, 2.45) is 7.05 Å². The van der Waals surface area contributed by atoms with Gasteiger partial charge in [0.1, 0.15) is 5.69 Å². The zero-order chi connectivity index (χ0) is 13.4. The highest BCUT2D eigenvalue weighted by Gasteiger charge is 2.10. The molecule has 19 heavy (non-hydrogen) atoms. The number of carbonyl (C=O) groups is 1. The minimum Gasteiger partial charge on any atom is -0.478 e. The van der Waals surface area contributed by atoms with Gasteiger partial charge in [-0.05, 0) is 18.2 Å². The quantitative estimate of drug-likeness (QED) is 0.763. The Balaban J connectivity index is 2.16. The first kappa shape index (κ1) is 11.5. The Kier molecular flexibility index (Phi) is 2.56. The number of hydrogen-bond donors (Lipinski definition) is 1. The number of benzene rings is 2. The van der Waals surface area contributed by atoms with Crippen molar-refractivity contribution in [2.45, 2.75) is 0 Å². The average molecular weight is 252 g/mol. The van der Waals surface area contributed by atoms with Gasteiger partial charge in [-0.3, -0.25) is 4.68 Å². The van der Waals surface area contributed by atoms with Crippen LogP contribution in [0.5, 0.6) is 0 Å². The summed E-state index contributed by atoms with van der Waals surface area (Å²) in [5.74, 6) is -0.919. The van der Waals surface area contributed by atoms with Crippen molar-refractivity contribution in [3.05, 3.63) is 54.1 Å². The molecular weight excluding hydrogens is 240 g/mol. The van der Waals surface area contributed by atoms with Crippen LogP contribution in [0, 0.1) is 0 Å². The van der Waals surface area contributed by atoms with E-state index in [1.807, 2.05) is 36.0 Å². The van der Waals surface area contributed by atoms with Gasteiger partial charge >= 0.3 is 5.97 Å². The number of para-hydroxylation sites is 1. The van der Waals surface area contributed by atoms with Crippen molar-refractivity contribution in [3.63, 3.8) is 0 Å². The molecule has 0 radical (unpaired) electrons. The van der Waals surface area contributed by atoms with E-state index in [4.69, 9.17) is 5.11 Å². The molecule has 3 aromatic rings. The van der Waals surface area contributed by atoms with E-state index in [2.05, 4.69) is 5.10 Å². The Hall–Kier alpha value is -2.62. The highest BCUT2D eigenvalue weighted by molar-refractivity contribution is 5.94. The number of nitrogens with zero attached hydrogens (tertiary/aromatic N) is 2. The molecule has 4 heteroatoms. The van der Waals surface area contributed by atoms with Gasteiger partial charge in [-0.15, -0.1) is 0 Å². The number of carboxylic acid groups (broad SMARTS) is 1. The second-order valence-electron chi connectivity index (χ2n) is 4.37. The summed E-state index contributed by atoms with van der Waals surface area (Å²) in [4.78, 5) is 10.8. The fourth-order valence-corrected chi connectivity index (χ4v) is 2.20. The number of aromatic nitrogens is 2. The highest BCUT2D eigenvalue weighted by Crippen LogP contribution is 2.27. The summed E-state index contributed by atoms with van der Waals surface area (Å²) in [5.41, 5.74) is 3.13. The molecular formula is C15H12N2O2. The number of aromatic carboxylic acids is 1. The molecule has 0 aliphatic carbocycles. The van der Waals surface area contributed by atoms with Crippen LogP contribution < -0.4 is 0 Å². The van der Waals surface area contributed by atoms with Gasteiger partial charge < -0.3 is 5.11 Å². The van der Waals surface area contributed by atoms with E-state index in [-0.39, 0.29) is 5.56 Å². The van der Waals surface area contributed by atoms with E-state index in [9.17, 15) is 4.79 Å². The van der Waals surface area contributed by atoms with Crippen LogP contribution in [-0.2, 0) is 7.05 Å². The van der Waals surface area contributed by atoms with Crippen LogP contribution in [-0.4, -0.2) is 20.9 Å². The lowest BCUT2D eigenvalue weighted by Gasteiger charge is -1.99. The van der Waals surface area contributed by atoms with E-state index in [1.54, 1.807) is 24.3 Å². The van der Waals surface area contributed by atoms with Crippen molar-refractivity contribution in [1.29, 1.82) is 0 Å². The molecule has 0 bridgehead atoms. The van der Waals surface area contributed by atoms with Crippen LogP contribution in [0.15, 0.2) is 48.5 Å². The summed E-state index contributed by atoms with van der Waals surface area (Å²) in [7, 11) is 1.90. The lowest BCUT2D eigenvalue weighted by atomic mass is 10.1. The second kappa shape index (κ2) is 4.24. The van der Waals surface area contributed by atoms with Crippen LogP contribution in [0.4, 0.5) is 0 Å². The van der Waals surface area contributed by atoms with Gasteiger partial charge in [0.05, 0.1) is 11.1 Å². The zero-order valence-corrected chi connectivity index (χ0v) is 10.4. The Labute approximate surface area is 109 Å². The molecule has 0 fully saturated rings. The lowest BCUT2D eigenvalue weighted by Crippen LogP contribution is -1.95. The van der Waals surface area contributed by atoms with E-state index in [0.29, 0.717) is 0 Å². The molecule has 2 aromatic carbocycles. The molecule has 0 aliphatic rings. The highest BCUT2D eigenvalue weighted by atomic mass is 16.4. The molecule has 0 amide bonds. The topological polar surface area (TPSA) is 55.1 Å². The van der Waals surface area contributed by atoms with Gasteiger partial charge in [-0.1, -0.05) is 30.3 Å². The maximum absolute atomic E-state index is 10.8. The van der Waals surface area contributed by atoms with Gasteiger partial charge in [0, 0.05) is 18.0 Å². The number of rotatable bonds is 2. The number of hydrogen-bond acceptors (Lipinski definition) is 2. The predicted octanol–water partition coefficient (Wildman–Crippen LogP) is 2.94. The average Bonchev–Trinajstić information content (AvgIpc) is 2.77. The third-order valence-electron chi connectivity index (χ3n) is 3.16. The summed E-state index contributed by atoms with van der Waals surface area (Å²) >= 11 is 0. The third kappa shape index (κ3) is 1.87. The maximum atomic E-state index is 10.8. The van der Waals surface area contributed by atoms with Crippen LogP contribution in [0.2, 0.25) is 0 Å². The van der Waals surface area contributed by atoms with E-state index >= 15 is 0 Å². The molecule has 4 nitrogen and oxygen atoms in total. The minimum atomic E-state index is -0.919. The summed E-state index contributed by atoms with van der Waals surface area (Å²) in [6.45, 7) is 0. The Morgan fingerprint density at radius 1 is 1.11 bits per heavy atom. The largest absolute Gasteiger partial charge is 0.478 e. The first-order valence-electron chi connectivity index (χ1n) is 5.92. The molecule has 0 saturated heterocycles. The van der Waals surface area contributed by atoms with Gasteiger partial charge in [0.25, 0.3) is 0 Å². The molecule has 3 rings (SSSR count). The normalized spacial score (nSPS) is 10.8. The van der Waals surface area contributed by atoms with Crippen molar-refractivity contribution < 1.29 is 9.90 Å². The molecule has 1 heterocycles. The fourth-order valence-electron chi connectivity index (χ4n) is 2.20. The summed E-state index contributed by atoms with van der Waals surface area (Å²) in [6.07, 6.45) is 0. The molecule has 0 atom stereocenters. The smallest absolute Gasteiger partial charge is 0.335 e. The van der Waals surface area contributed by atoms with Crippen molar-refractivity contribution in [3.8, 4) is 11.3 Å². The van der Waals surface area contributed by atoms with Crippen molar-refractivity contribution in [1.82, 2.24) is 9.78 Å². The van der Waals surface area contributed by atoms with E-state index < -0.39 is 5.97 Å². The molecule has 1 N–H and O–H groups in total. The predicted molar refractivity (Wildman–Crippen MR) is 73.1 cm³/mol. The standard InChI is InChI=1S/C15H12N2O2/c1-17-13-5-3-2-4-12(13)14(16-17)10-6-8-11(9-7-10)15(18)19/h2-9H,1H3,(H,18,19). The number of aryl methyl sites for hydroxylation is 1. The Morgan fingerprint density at radius 3 is 2.47 bits per heavy atom. The van der Waals surface area contributed by atoms with Crippen LogP contribution in [0.3, 0.4) is 0 Å². The molecule has 0 unspecified atom stereocenters. The SMILES string of the molecule is Cn1nc(-c2ccc(C(=O)O)cc2)c2ccccc21. The first-order chi connectivity index (χ1) is 9.16. The van der Waals surface area contributed by atoms with E-state index in [1.165, 1.54) is 0 Å². The molecule has 0 aliphatic heterocycles. The van der Waals surface area contributed by atoms with Gasteiger partial charge in [0.2, 0.25) is 0 Å².